The molecule has 0 aromatic rings. The molecule has 118 valence electrons. The average Bonchev–Trinajstić information content (AvgIpc) is 2.77. The summed E-state index contributed by atoms with van der Waals surface area (Å²) in [6, 6.07) is 1.67. The highest BCUT2D eigenvalue weighted by atomic mass is 16.7. The third-order valence-corrected chi connectivity index (χ3v) is 3.64. The Bertz CT molecular complexity index is 449. The third kappa shape index (κ3) is 2.68. The second-order valence-electron chi connectivity index (χ2n) is 5.01. The number of hydrogen-bond donors (Lipinski definition) is 6. The summed E-state index contributed by atoms with van der Waals surface area (Å²) in [7, 11) is 0. The van der Waals surface area contributed by atoms with E-state index in [0.29, 0.717) is 0 Å². The maximum Gasteiger partial charge on any atom is 0.204 e. The summed E-state index contributed by atoms with van der Waals surface area (Å²) < 4.78 is 10.3. The highest BCUT2D eigenvalue weighted by Gasteiger charge is 2.52. The van der Waals surface area contributed by atoms with Crippen molar-refractivity contribution >= 4 is 0 Å². The van der Waals surface area contributed by atoms with Gasteiger partial charge in [-0.3, -0.25) is 0 Å². The van der Waals surface area contributed by atoms with E-state index in [0.717, 1.165) is 12.2 Å². The van der Waals surface area contributed by atoms with Crippen LogP contribution in [0.4, 0.5) is 0 Å². The summed E-state index contributed by atoms with van der Waals surface area (Å²) in [5, 5.41) is 66.6. The van der Waals surface area contributed by atoms with Gasteiger partial charge in [0.2, 0.25) is 5.60 Å². The van der Waals surface area contributed by atoms with Crippen molar-refractivity contribution in [3.05, 3.63) is 12.2 Å². The zero-order valence-corrected chi connectivity index (χ0v) is 10.9. The molecule has 1 aliphatic heterocycles. The Kier molecular flexibility index (Phi) is 4.62. The third-order valence-electron chi connectivity index (χ3n) is 3.64. The largest absolute Gasteiger partial charge is 0.394 e. The number of aliphatic hydroxyl groups excluding tert-OH is 6. The second kappa shape index (κ2) is 5.96. The molecule has 1 saturated heterocycles. The van der Waals surface area contributed by atoms with E-state index in [-0.39, 0.29) is 0 Å². The Labute approximate surface area is 119 Å². The summed E-state index contributed by atoms with van der Waals surface area (Å²) in [4.78, 5) is 0. The van der Waals surface area contributed by atoms with Crippen LogP contribution in [0, 0.1) is 11.3 Å². The Morgan fingerprint density at radius 2 is 1.81 bits per heavy atom. The molecule has 0 aromatic carbocycles. The molecule has 0 radical (unpaired) electrons. The Morgan fingerprint density at radius 3 is 2.29 bits per heavy atom. The van der Waals surface area contributed by atoms with E-state index in [4.69, 9.17) is 19.8 Å². The molecule has 2 rings (SSSR count). The molecular weight excluding hydrogens is 286 g/mol. The second-order valence-corrected chi connectivity index (χ2v) is 5.01. The number of hydrogen-bond acceptors (Lipinski definition) is 9. The fourth-order valence-electron chi connectivity index (χ4n) is 2.29. The van der Waals surface area contributed by atoms with E-state index in [1.807, 2.05) is 0 Å². The van der Waals surface area contributed by atoms with Crippen LogP contribution in [0.25, 0.3) is 0 Å². The lowest BCUT2D eigenvalue weighted by molar-refractivity contribution is -0.322. The van der Waals surface area contributed by atoms with E-state index in [2.05, 4.69) is 0 Å². The molecule has 0 spiro atoms. The SMILES string of the molecule is N#C[C@]1(O[C@H]2O[C@@H](CO)[C@@H](O)[C@@H](O)[C@H]2O)C=C[C@@H](O)[C@@H]1O. The van der Waals surface area contributed by atoms with Gasteiger partial charge in [0.05, 0.1) is 6.61 Å². The smallest absolute Gasteiger partial charge is 0.204 e. The molecule has 0 saturated carbocycles. The van der Waals surface area contributed by atoms with Gasteiger partial charge < -0.3 is 40.1 Å². The van der Waals surface area contributed by atoms with Gasteiger partial charge in [0.1, 0.15) is 42.7 Å². The fraction of sp³-hybridized carbons (Fsp3) is 0.750. The maximum atomic E-state index is 9.82. The number of nitrogens with zero attached hydrogens (tertiary/aromatic N) is 1. The van der Waals surface area contributed by atoms with Crippen LogP contribution < -0.4 is 0 Å². The first-order valence-electron chi connectivity index (χ1n) is 6.31. The van der Waals surface area contributed by atoms with Gasteiger partial charge in [0, 0.05) is 0 Å². The first-order valence-corrected chi connectivity index (χ1v) is 6.31. The molecule has 1 fully saturated rings. The van der Waals surface area contributed by atoms with Crippen LogP contribution in [-0.2, 0) is 9.47 Å². The van der Waals surface area contributed by atoms with Crippen LogP contribution in [0.15, 0.2) is 12.2 Å². The van der Waals surface area contributed by atoms with Gasteiger partial charge in [-0.05, 0) is 6.08 Å². The molecule has 0 unspecified atom stereocenters. The van der Waals surface area contributed by atoms with Crippen LogP contribution in [-0.4, -0.2) is 85.8 Å². The van der Waals surface area contributed by atoms with Crippen molar-refractivity contribution in [2.24, 2.45) is 0 Å². The van der Waals surface area contributed by atoms with Crippen LogP contribution in [0.2, 0.25) is 0 Å². The van der Waals surface area contributed by atoms with Crippen molar-refractivity contribution in [3.63, 3.8) is 0 Å². The van der Waals surface area contributed by atoms with Crippen molar-refractivity contribution in [2.75, 3.05) is 6.61 Å². The van der Waals surface area contributed by atoms with E-state index in [1.165, 1.54) is 0 Å². The highest BCUT2D eigenvalue weighted by molar-refractivity contribution is 5.29. The van der Waals surface area contributed by atoms with Crippen LogP contribution in [0.5, 0.6) is 0 Å². The summed E-state index contributed by atoms with van der Waals surface area (Å²) in [5.74, 6) is 0. The van der Waals surface area contributed by atoms with Gasteiger partial charge in [-0.15, -0.1) is 0 Å². The average molecular weight is 303 g/mol. The molecule has 0 amide bonds. The zero-order chi connectivity index (χ0) is 15.8. The molecule has 0 bridgehead atoms. The van der Waals surface area contributed by atoms with Gasteiger partial charge in [-0.25, -0.2) is 0 Å². The zero-order valence-electron chi connectivity index (χ0n) is 10.9. The van der Waals surface area contributed by atoms with Crippen molar-refractivity contribution in [2.45, 2.75) is 48.5 Å². The highest BCUT2D eigenvalue weighted by Crippen LogP contribution is 2.32. The summed E-state index contributed by atoms with van der Waals surface area (Å²) in [6.07, 6.45) is -8.36. The van der Waals surface area contributed by atoms with Gasteiger partial charge in [0.25, 0.3) is 0 Å². The summed E-state index contributed by atoms with van der Waals surface area (Å²) >= 11 is 0. The molecule has 21 heavy (non-hydrogen) atoms. The van der Waals surface area contributed by atoms with E-state index in [9.17, 15) is 25.5 Å². The monoisotopic (exact) mass is 303 g/mol. The van der Waals surface area contributed by atoms with Crippen LogP contribution >= 0.6 is 0 Å². The Morgan fingerprint density at radius 1 is 1.14 bits per heavy atom. The molecule has 1 heterocycles. The molecule has 0 aromatic heterocycles. The molecule has 8 atom stereocenters. The molecule has 9 heteroatoms. The van der Waals surface area contributed by atoms with Gasteiger partial charge in [-0.1, -0.05) is 6.08 Å². The predicted octanol–water partition coefficient (Wildman–Crippen LogP) is -3.64. The predicted molar refractivity (Wildman–Crippen MR) is 64.3 cm³/mol. The Hall–Kier alpha value is -1.09. The standard InChI is InChI=1S/C12H17NO8/c13-4-12(2-1-5(15)10(12)19)21-11-9(18)8(17)7(16)6(3-14)20-11/h1-2,5-11,14-19H,3H2/t5-,6+,7-,8-,9-,10+,11-,12-/m1/s1. The molecule has 6 N–H and O–H groups in total. The first-order chi connectivity index (χ1) is 9.86. The topological polar surface area (TPSA) is 164 Å². The minimum absolute atomic E-state index is 0.647. The van der Waals surface area contributed by atoms with Gasteiger partial charge >= 0.3 is 0 Å². The van der Waals surface area contributed by atoms with E-state index >= 15 is 0 Å². The van der Waals surface area contributed by atoms with Gasteiger partial charge in [0.15, 0.2) is 6.29 Å². The van der Waals surface area contributed by atoms with Crippen molar-refractivity contribution in [1.82, 2.24) is 0 Å². The Balaban J connectivity index is 2.18. The van der Waals surface area contributed by atoms with Crippen molar-refractivity contribution < 1.29 is 40.1 Å². The number of ether oxygens (including phenoxy) is 2. The molecule has 2 aliphatic rings. The number of nitriles is 1. The minimum atomic E-state index is -1.97. The summed E-state index contributed by atoms with van der Waals surface area (Å²) in [6.45, 7) is -0.647. The fourth-order valence-corrected chi connectivity index (χ4v) is 2.29. The lowest BCUT2D eigenvalue weighted by atomic mass is 9.97. The molecular formula is C12H17NO8. The minimum Gasteiger partial charge on any atom is -0.394 e. The van der Waals surface area contributed by atoms with E-state index in [1.54, 1.807) is 6.07 Å². The molecule has 9 nitrogen and oxygen atoms in total. The normalized spacial score (nSPS) is 50.0. The first kappa shape index (κ1) is 16.3. The quantitative estimate of drug-likeness (QED) is 0.288. The van der Waals surface area contributed by atoms with Crippen LogP contribution in [0.1, 0.15) is 0 Å². The lowest BCUT2D eigenvalue weighted by Crippen LogP contribution is -2.61. The van der Waals surface area contributed by atoms with E-state index < -0.39 is 55.1 Å². The summed E-state index contributed by atoms with van der Waals surface area (Å²) in [5.41, 5.74) is -1.97. The van der Waals surface area contributed by atoms with Crippen molar-refractivity contribution in [3.8, 4) is 6.07 Å². The van der Waals surface area contributed by atoms with Gasteiger partial charge in [-0.2, -0.15) is 5.26 Å². The van der Waals surface area contributed by atoms with Crippen molar-refractivity contribution in [1.29, 1.82) is 5.26 Å². The maximum absolute atomic E-state index is 9.82. The molecule has 1 aliphatic carbocycles. The number of aliphatic hydroxyl groups is 6. The van der Waals surface area contributed by atoms with Crippen LogP contribution in [0.3, 0.4) is 0 Å². The lowest BCUT2D eigenvalue weighted by Gasteiger charge is -2.42. The number of rotatable bonds is 3.